The highest BCUT2D eigenvalue weighted by Gasteiger charge is 2.19. The van der Waals surface area contributed by atoms with Crippen LogP contribution < -0.4 is 5.32 Å². The molecule has 0 aromatic heterocycles. The summed E-state index contributed by atoms with van der Waals surface area (Å²) in [5.74, 6) is 0. The Bertz CT molecular complexity index is 208. The predicted octanol–water partition coefficient (Wildman–Crippen LogP) is 1.63. The van der Waals surface area contributed by atoms with E-state index in [2.05, 4.69) is 24.1 Å². The molecule has 2 N–H and O–H groups in total. The Hall–Kier alpha value is -0.160. The molecule has 0 amide bonds. The second kappa shape index (κ2) is 10.6. The van der Waals surface area contributed by atoms with Crippen molar-refractivity contribution in [1.82, 2.24) is 10.2 Å². The van der Waals surface area contributed by atoms with Gasteiger partial charge in [-0.3, -0.25) is 4.90 Å². The molecule has 0 spiro atoms. The minimum Gasteiger partial charge on any atom is -0.389 e. The van der Waals surface area contributed by atoms with Crippen LogP contribution in [0, 0.1) is 0 Å². The molecule has 0 aliphatic carbocycles. The van der Waals surface area contributed by atoms with Crippen molar-refractivity contribution in [3.8, 4) is 0 Å². The first kappa shape index (κ1) is 16.9. The van der Waals surface area contributed by atoms with E-state index < -0.39 is 0 Å². The molecule has 0 aromatic rings. The van der Waals surface area contributed by atoms with Crippen molar-refractivity contribution in [3.05, 3.63) is 0 Å². The number of nitrogens with zero attached hydrogens (tertiary/aromatic N) is 1. The van der Waals surface area contributed by atoms with E-state index in [0.717, 1.165) is 52.0 Å². The fraction of sp³-hybridized carbons (Fsp3) is 1.00. The number of aliphatic hydroxyl groups excluding tert-OH is 1. The molecule has 1 fully saturated rings. The van der Waals surface area contributed by atoms with Gasteiger partial charge >= 0.3 is 0 Å². The van der Waals surface area contributed by atoms with Crippen LogP contribution in [0.5, 0.6) is 0 Å². The van der Waals surface area contributed by atoms with Gasteiger partial charge in [0.15, 0.2) is 0 Å². The van der Waals surface area contributed by atoms with Crippen molar-refractivity contribution >= 4 is 0 Å². The highest BCUT2D eigenvalue weighted by Crippen LogP contribution is 2.08. The summed E-state index contributed by atoms with van der Waals surface area (Å²) >= 11 is 0. The fourth-order valence-corrected chi connectivity index (χ4v) is 2.61. The number of nitrogens with one attached hydrogen (secondary N) is 1. The van der Waals surface area contributed by atoms with E-state index in [9.17, 15) is 5.11 Å². The summed E-state index contributed by atoms with van der Waals surface area (Å²) in [6.45, 7) is 9.58. The maximum Gasteiger partial charge on any atom is 0.0900 e. The zero-order valence-corrected chi connectivity index (χ0v) is 12.7. The minimum absolute atomic E-state index is 0.357. The third-order valence-electron chi connectivity index (χ3n) is 3.60. The summed E-state index contributed by atoms with van der Waals surface area (Å²) in [6, 6.07) is 0.611. The average molecular weight is 272 g/mol. The highest BCUT2D eigenvalue weighted by atomic mass is 16.5. The van der Waals surface area contributed by atoms with Gasteiger partial charge in [-0.25, -0.2) is 0 Å². The zero-order chi connectivity index (χ0) is 13.9. The lowest BCUT2D eigenvalue weighted by Crippen LogP contribution is -2.42. The molecular weight excluding hydrogens is 240 g/mol. The average Bonchev–Trinajstić information content (AvgIpc) is 2.88. The van der Waals surface area contributed by atoms with Gasteiger partial charge in [0.1, 0.15) is 0 Å². The van der Waals surface area contributed by atoms with Gasteiger partial charge in [-0.2, -0.15) is 0 Å². The number of ether oxygens (including phenoxy) is 1. The lowest BCUT2D eigenvalue weighted by molar-refractivity contribution is 0.0146. The molecule has 0 radical (unpaired) electrons. The molecule has 0 saturated carbocycles. The van der Waals surface area contributed by atoms with Crippen LogP contribution in [0.4, 0.5) is 0 Å². The summed E-state index contributed by atoms with van der Waals surface area (Å²) in [4.78, 5) is 2.37. The van der Waals surface area contributed by atoms with E-state index in [1.165, 1.54) is 12.8 Å². The first-order valence-corrected chi connectivity index (χ1v) is 7.97. The molecule has 0 bridgehead atoms. The zero-order valence-electron chi connectivity index (χ0n) is 12.7. The maximum atomic E-state index is 10.0. The van der Waals surface area contributed by atoms with Crippen LogP contribution in [0.25, 0.3) is 0 Å². The summed E-state index contributed by atoms with van der Waals surface area (Å²) in [7, 11) is 0. The van der Waals surface area contributed by atoms with E-state index in [1.54, 1.807) is 0 Å². The lowest BCUT2D eigenvalue weighted by Gasteiger charge is -2.27. The standard InChI is InChI=1S/C15H32N2O2/c1-3-5-10-19-13-15(18)12-17(9-4-2)11-14-7-6-8-16-14/h14-16,18H,3-13H2,1-2H3. The number of unbranched alkanes of at least 4 members (excludes halogenated alkanes) is 1. The van der Waals surface area contributed by atoms with E-state index in [0.29, 0.717) is 12.6 Å². The van der Waals surface area contributed by atoms with Gasteiger partial charge in [0.05, 0.1) is 12.7 Å². The smallest absolute Gasteiger partial charge is 0.0900 e. The largest absolute Gasteiger partial charge is 0.389 e. The van der Waals surface area contributed by atoms with Gasteiger partial charge in [-0.15, -0.1) is 0 Å². The van der Waals surface area contributed by atoms with Crippen LogP contribution >= 0.6 is 0 Å². The van der Waals surface area contributed by atoms with Crippen molar-refractivity contribution in [2.24, 2.45) is 0 Å². The van der Waals surface area contributed by atoms with Gasteiger partial charge < -0.3 is 15.2 Å². The Morgan fingerprint density at radius 2 is 2.21 bits per heavy atom. The highest BCUT2D eigenvalue weighted by molar-refractivity contribution is 4.78. The monoisotopic (exact) mass is 272 g/mol. The van der Waals surface area contributed by atoms with Crippen molar-refractivity contribution in [1.29, 1.82) is 0 Å². The second-order valence-electron chi connectivity index (χ2n) is 5.64. The Morgan fingerprint density at radius 3 is 2.84 bits per heavy atom. The summed E-state index contributed by atoms with van der Waals surface area (Å²) < 4.78 is 5.49. The molecule has 1 aliphatic rings. The van der Waals surface area contributed by atoms with Gasteiger partial charge in [0.25, 0.3) is 0 Å². The summed E-state index contributed by atoms with van der Waals surface area (Å²) in [5, 5.41) is 13.6. The number of hydrogen-bond donors (Lipinski definition) is 2. The minimum atomic E-state index is -0.357. The SMILES string of the molecule is CCCCOCC(O)CN(CCC)CC1CCCN1. The van der Waals surface area contributed by atoms with Crippen molar-refractivity contribution in [3.63, 3.8) is 0 Å². The molecule has 114 valence electrons. The fourth-order valence-electron chi connectivity index (χ4n) is 2.61. The molecule has 4 heteroatoms. The third-order valence-corrected chi connectivity index (χ3v) is 3.60. The van der Waals surface area contributed by atoms with Gasteiger partial charge in [-0.1, -0.05) is 20.3 Å². The topological polar surface area (TPSA) is 44.7 Å². The second-order valence-corrected chi connectivity index (χ2v) is 5.64. The predicted molar refractivity (Wildman–Crippen MR) is 79.5 cm³/mol. The van der Waals surface area contributed by atoms with Crippen LogP contribution in [0.2, 0.25) is 0 Å². The van der Waals surface area contributed by atoms with Crippen molar-refractivity contribution in [2.45, 2.75) is 58.1 Å². The van der Waals surface area contributed by atoms with Crippen LogP contribution in [0.15, 0.2) is 0 Å². The first-order valence-electron chi connectivity index (χ1n) is 7.97. The molecule has 2 unspecified atom stereocenters. The third kappa shape index (κ3) is 7.88. The molecule has 1 heterocycles. The normalized spacial score (nSPS) is 21.2. The molecule has 1 aliphatic heterocycles. The van der Waals surface area contributed by atoms with E-state index in [-0.39, 0.29) is 6.10 Å². The Kier molecular flexibility index (Phi) is 9.43. The van der Waals surface area contributed by atoms with Gasteiger partial charge in [0.2, 0.25) is 0 Å². The number of aliphatic hydroxyl groups is 1. The quantitative estimate of drug-likeness (QED) is 0.561. The van der Waals surface area contributed by atoms with E-state index in [4.69, 9.17) is 4.74 Å². The number of rotatable bonds is 11. The molecule has 1 saturated heterocycles. The van der Waals surface area contributed by atoms with Crippen molar-refractivity contribution in [2.75, 3.05) is 39.4 Å². The lowest BCUT2D eigenvalue weighted by atomic mass is 10.2. The molecule has 2 atom stereocenters. The maximum absolute atomic E-state index is 10.0. The molecule has 1 rings (SSSR count). The first-order chi connectivity index (χ1) is 9.26. The van der Waals surface area contributed by atoms with Gasteiger partial charge in [0, 0.05) is 25.7 Å². The summed E-state index contributed by atoms with van der Waals surface area (Å²) in [5.41, 5.74) is 0. The van der Waals surface area contributed by atoms with Crippen LogP contribution in [-0.2, 0) is 4.74 Å². The molecular formula is C15H32N2O2. The Morgan fingerprint density at radius 1 is 1.37 bits per heavy atom. The Balaban J connectivity index is 2.18. The molecule has 19 heavy (non-hydrogen) atoms. The van der Waals surface area contributed by atoms with Crippen LogP contribution in [-0.4, -0.2) is 61.5 Å². The number of hydrogen-bond acceptors (Lipinski definition) is 4. The molecule has 4 nitrogen and oxygen atoms in total. The molecule has 0 aromatic carbocycles. The van der Waals surface area contributed by atoms with Crippen LogP contribution in [0.3, 0.4) is 0 Å². The summed E-state index contributed by atoms with van der Waals surface area (Å²) in [6.07, 6.45) is 5.56. The van der Waals surface area contributed by atoms with Crippen LogP contribution in [0.1, 0.15) is 46.0 Å². The van der Waals surface area contributed by atoms with E-state index >= 15 is 0 Å². The van der Waals surface area contributed by atoms with Crippen molar-refractivity contribution < 1.29 is 9.84 Å². The van der Waals surface area contributed by atoms with Gasteiger partial charge in [-0.05, 0) is 38.8 Å². The Labute approximate surface area is 118 Å². The van der Waals surface area contributed by atoms with E-state index in [1.807, 2.05) is 0 Å².